The summed E-state index contributed by atoms with van der Waals surface area (Å²) in [6.45, 7) is 2.85. The number of hydrogen-bond acceptors (Lipinski definition) is 6. The Bertz CT molecular complexity index is 994. The van der Waals surface area contributed by atoms with Crippen LogP contribution < -0.4 is 15.5 Å². The highest BCUT2D eigenvalue weighted by Gasteiger charge is 2.43. The third-order valence-electron chi connectivity index (χ3n) is 5.79. The normalized spacial score (nSPS) is 22.0. The van der Waals surface area contributed by atoms with Crippen molar-refractivity contribution in [2.24, 2.45) is 0 Å². The highest BCUT2D eigenvalue weighted by molar-refractivity contribution is 6.07. The van der Waals surface area contributed by atoms with Crippen molar-refractivity contribution in [3.05, 3.63) is 41.2 Å². The summed E-state index contributed by atoms with van der Waals surface area (Å²) in [6, 6.07) is 6.34. The number of urea groups is 1. The van der Waals surface area contributed by atoms with Crippen molar-refractivity contribution in [3.8, 4) is 0 Å². The Kier molecular flexibility index (Phi) is 4.92. The quantitative estimate of drug-likeness (QED) is 0.644. The van der Waals surface area contributed by atoms with Gasteiger partial charge in [0, 0.05) is 38.7 Å². The van der Waals surface area contributed by atoms with Crippen LogP contribution in [-0.4, -0.2) is 65.1 Å². The Morgan fingerprint density at radius 1 is 1.23 bits per heavy atom. The molecule has 0 radical (unpaired) electrons. The van der Waals surface area contributed by atoms with Gasteiger partial charge in [0.1, 0.15) is 11.4 Å². The summed E-state index contributed by atoms with van der Waals surface area (Å²) >= 11 is 0. The number of nitrogens with one attached hydrogen (secondary N) is 3. The van der Waals surface area contributed by atoms with Gasteiger partial charge in [-0.3, -0.25) is 20.0 Å². The van der Waals surface area contributed by atoms with E-state index in [-0.39, 0.29) is 11.8 Å². The molecule has 10 heteroatoms. The van der Waals surface area contributed by atoms with Crippen LogP contribution in [0.4, 0.5) is 10.7 Å². The molecule has 4 amide bonds. The number of benzene rings is 1. The molecule has 2 fully saturated rings. The fraction of sp³-hybridized carbons (Fsp3) is 0.450. The Balaban J connectivity index is 1.44. The zero-order valence-electron chi connectivity index (χ0n) is 17.2. The molecular weight excluding hydrogens is 386 g/mol. The molecule has 3 heterocycles. The minimum atomic E-state index is -1.18. The summed E-state index contributed by atoms with van der Waals surface area (Å²) in [4.78, 5) is 45.0. The van der Waals surface area contributed by atoms with Crippen molar-refractivity contribution in [1.82, 2.24) is 30.7 Å². The number of carbonyl (C=O) groups is 3. The number of amides is 4. The number of carbonyl (C=O) groups excluding carboxylic acids is 3. The molecule has 0 spiro atoms. The number of imide groups is 1. The van der Waals surface area contributed by atoms with Gasteiger partial charge in [0.2, 0.25) is 5.95 Å². The molecule has 2 aliphatic rings. The van der Waals surface area contributed by atoms with E-state index in [1.807, 2.05) is 23.9 Å². The van der Waals surface area contributed by atoms with Gasteiger partial charge >= 0.3 is 6.03 Å². The fourth-order valence-electron chi connectivity index (χ4n) is 3.90. The van der Waals surface area contributed by atoms with Gasteiger partial charge in [0.15, 0.2) is 0 Å². The van der Waals surface area contributed by atoms with Gasteiger partial charge in [-0.2, -0.15) is 4.98 Å². The molecule has 1 aromatic carbocycles. The molecule has 4 rings (SSSR count). The first-order valence-electron chi connectivity index (χ1n) is 9.91. The number of piperidine rings is 1. The molecule has 10 nitrogen and oxygen atoms in total. The van der Waals surface area contributed by atoms with Gasteiger partial charge in [-0.05, 0) is 37.5 Å². The smallest absolute Gasteiger partial charge is 0.322 e. The van der Waals surface area contributed by atoms with Gasteiger partial charge in [0.05, 0.1) is 0 Å². The zero-order chi connectivity index (χ0) is 21.5. The predicted octanol–water partition coefficient (Wildman–Crippen LogP) is 0.945. The molecule has 30 heavy (non-hydrogen) atoms. The lowest BCUT2D eigenvalue weighted by atomic mass is 9.90. The van der Waals surface area contributed by atoms with Crippen molar-refractivity contribution in [1.29, 1.82) is 0 Å². The van der Waals surface area contributed by atoms with Crippen LogP contribution >= 0.6 is 0 Å². The second-order valence-corrected chi connectivity index (χ2v) is 8.10. The predicted molar refractivity (Wildman–Crippen MR) is 109 cm³/mol. The lowest BCUT2D eigenvalue weighted by molar-refractivity contribution is -0.123. The summed E-state index contributed by atoms with van der Waals surface area (Å²) < 4.78 is 0. The standard InChI is InChI=1S/C20H25N7O3/c1-20(17(29)22-19(30)23-20)14-6-4-5-13(11-14)16(28)27-9-7-12(8-10-27)15-21-18(25-24-15)26(2)3/h4-6,11-12H,7-10H2,1-3H3,(H,21,24,25)(H2,22,23,29,30). The molecule has 158 valence electrons. The van der Waals surface area contributed by atoms with E-state index in [0.29, 0.717) is 30.2 Å². The average Bonchev–Trinajstić information content (AvgIpc) is 3.33. The molecule has 2 saturated heterocycles. The molecule has 3 N–H and O–H groups in total. The lowest BCUT2D eigenvalue weighted by Gasteiger charge is -2.31. The third-order valence-corrected chi connectivity index (χ3v) is 5.79. The van der Waals surface area contributed by atoms with Crippen LogP contribution in [0.5, 0.6) is 0 Å². The average molecular weight is 411 g/mol. The van der Waals surface area contributed by atoms with E-state index in [2.05, 4.69) is 25.8 Å². The maximum Gasteiger partial charge on any atom is 0.322 e. The first kappa shape index (κ1) is 19.9. The first-order valence-corrected chi connectivity index (χ1v) is 9.91. The van der Waals surface area contributed by atoms with E-state index in [9.17, 15) is 14.4 Å². The SMILES string of the molecule is CN(C)c1n[nH]c(C2CCN(C(=O)c3cccc(C4(C)NC(=O)NC4=O)c3)CC2)n1. The highest BCUT2D eigenvalue weighted by atomic mass is 16.2. The number of rotatable bonds is 4. The van der Waals surface area contributed by atoms with Crippen LogP contribution in [0, 0.1) is 0 Å². The molecule has 0 aliphatic carbocycles. The second kappa shape index (κ2) is 7.43. The molecule has 1 unspecified atom stereocenters. The summed E-state index contributed by atoms with van der Waals surface area (Å²) in [7, 11) is 3.78. The molecule has 1 aromatic heterocycles. The topological polar surface area (TPSA) is 123 Å². The van der Waals surface area contributed by atoms with Crippen LogP contribution in [0.15, 0.2) is 24.3 Å². The van der Waals surface area contributed by atoms with Crippen LogP contribution in [0.3, 0.4) is 0 Å². The molecule has 2 aromatic rings. The third kappa shape index (κ3) is 3.49. The highest BCUT2D eigenvalue weighted by Crippen LogP contribution is 2.29. The van der Waals surface area contributed by atoms with Crippen molar-refractivity contribution in [2.45, 2.75) is 31.2 Å². The van der Waals surface area contributed by atoms with Gasteiger partial charge in [0.25, 0.3) is 11.8 Å². The summed E-state index contributed by atoms with van der Waals surface area (Å²) in [5, 5.41) is 12.1. The lowest BCUT2D eigenvalue weighted by Crippen LogP contribution is -2.41. The van der Waals surface area contributed by atoms with Crippen molar-refractivity contribution >= 4 is 23.8 Å². The van der Waals surface area contributed by atoms with E-state index >= 15 is 0 Å². The number of likely N-dealkylation sites (tertiary alicyclic amines) is 1. The van der Waals surface area contributed by atoms with Gasteiger partial charge in [-0.25, -0.2) is 4.79 Å². The summed E-state index contributed by atoms with van der Waals surface area (Å²) in [5.74, 6) is 1.22. The Hall–Kier alpha value is -3.43. The number of aromatic amines is 1. The fourth-order valence-corrected chi connectivity index (χ4v) is 3.90. The van der Waals surface area contributed by atoms with Crippen molar-refractivity contribution in [3.63, 3.8) is 0 Å². The van der Waals surface area contributed by atoms with Crippen LogP contribution in [0.25, 0.3) is 0 Å². The Labute approximate surface area is 174 Å². The van der Waals surface area contributed by atoms with Crippen LogP contribution in [-0.2, 0) is 10.3 Å². The van der Waals surface area contributed by atoms with Gasteiger partial charge in [-0.15, -0.1) is 5.10 Å². The summed E-state index contributed by atoms with van der Waals surface area (Å²) in [6.07, 6.45) is 1.59. The number of anilines is 1. The van der Waals surface area contributed by atoms with E-state index in [1.54, 1.807) is 31.2 Å². The molecule has 2 aliphatic heterocycles. The molecule has 1 atom stereocenters. The maximum absolute atomic E-state index is 13.0. The van der Waals surface area contributed by atoms with E-state index in [1.165, 1.54) is 0 Å². The zero-order valence-corrected chi connectivity index (χ0v) is 17.2. The number of hydrogen-bond donors (Lipinski definition) is 3. The Morgan fingerprint density at radius 3 is 2.57 bits per heavy atom. The number of aromatic nitrogens is 3. The maximum atomic E-state index is 13.0. The van der Waals surface area contributed by atoms with Gasteiger partial charge < -0.3 is 15.1 Å². The largest absolute Gasteiger partial charge is 0.346 e. The number of H-pyrrole nitrogens is 1. The Morgan fingerprint density at radius 2 is 1.97 bits per heavy atom. The minimum absolute atomic E-state index is 0.0878. The van der Waals surface area contributed by atoms with Crippen molar-refractivity contribution < 1.29 is 14.4 Å². The monoisotopic (exact) mass is 411 g/mol. The van der Waals surface area contributed by atoms with E-state index in [0.717, 1.165) is 18.7 Å². The summed E-state index contributed by atoms with van der Waals surface area (Å²) in [5.41, 5.74) is -0.114. The van der Waals surface area contributed by atoms with Gasteiger partial charge in [-0.1, -0.05) is 12.1 Å². The second-order valence-electron chi connectivity index (χ2n) is 8.10. The van der Waals surface area contributed by atoms with E-state index in [4.69, 9.17) is 0 Å². The van der Waals surface area contributed by atoms with Crippen LogP contribution in [0.1, 0.15) is 47.4 Å². The molecular formula is C20H25N7O3. The molecule has 0 bridgehead atoms. The van der Waals surface area contributed by atoms with Crippen molar-refractivity contribution in [2.75, 3.05) is 32.1 Å². The first-order chi connectivity index (χ1) is 14.3. The van der Waals surface area contributed by atoms with E-state index < -0.39 is 17.5 Å². The van der Waals surface area contributed by atoms with Crippen LogP contribution in [0.2, 0.25) is 0 Å². The molecule has 0 saturated carbocycles. The minimum Gasteiger partial charge on any atom is -0.346 e. The number of nitrogens with zero attached hydrogens (tertiary/aromatic N) is 4.